The van der Waals surface area contributed by atoms with Crippen LogP contribution in [0, 0.1) is 11.7 Å². The molecule has 0 bridgehead atoms. The number of carbonyl (C=O) groups is 2. The van der Waals surface area contributed by atoms with E-state index in [4.69, 9.17) is 14.2 Å². The molecule has 0 unspecified atom stereocenters. The Morgan fingerprint density at radius 2 is 1.64 bits per heavy atom. The third kappa shape index (κ3) is 5.19. The van der Waals surface area contributed by atoms with E-state index in [1.54, 1.807) is 24.3 Å². The van der Waals surface area contributed by atoms with Gasteiger partial charge in [0.15, 0.2) is 0 Å². The van der Waals surface area contributed by atoms with Crippen molar-refractivity contribution in [1.82, 2.24) is 15.1 Å². The highest BCUT2D eigenvalue weighted by Crippen LogP contribution is 2.38. The van der Waals surface area contributed by atoms with Gasteiger partial charge < -0.3 is 19.5 Å². The number of benzene rings is 2. The summed E-state index contributed by atoms with van der Waals surface area (Å²) in [7, 11) is 4.39. The molecule has 2 aromatic carbocycles. The van der Waals surface area contributed by atoms with Crippen LogP contribution >= 0.6 is 0 Å². The second kappa shape index (κ2) is 11.2. The lowest BCUT2D eigenvalue weighted by atomic mass is 9.84. The molecule has 8 nitrogen and oxygen atoms in total. The van der Waals surface area contributed by atoms with Crippen molar-refractivity contribution in [3.63, 3.8) is 0 Å². The number of hydrogen-bond acceptors (Lipinski definition) is 6. The summed E-state index contributed by atoms with van der Waals surface area (Å²) in [4.78, 5) is 26.2. The third-order valence-corrected chi connectivity index (χ3v) is 6.56. The molecule has 0 aliphatic heterocycles. The Hall–Kier alpha value is -3.88. The van der Waals surface area contributed by atoms with Crippen molar-refractivity contribution in [3.05, 3.63) is 60.0 Å². The fourth-order valence-electron chi connectivity index (χ4n) is 4.73. The highest BCUT2D eigenvalue weighted by Gasteiger charge is 2.33. The Labute approximate surface area is 209 Å². The summed E-state index contributed by atoms with van der Waals surface area (Å²) in [6.07, 6.45) is 4.78. The van der Waals surface area contributed by atoms with Crippen LogP contribution in [0.5, 0.6) is 11.5 Å². The number of amides is 1. The first-order chi connectivity index (χ1) is 17.5. The molecule has 36 heavy (non-hydrogen) atoms. The van der Waals surface area contributed by atoms with Gasteiger partial charge in [0, 0.05) is 0 Å². The maximum absolute atomic E-state index is 13.6. The van der Waals surface area contributed by atoms with Crippen molar-refractivity contribution < 1.29 is 28.2 Å². The summed E-state index contributed by atoms with van der Waals surface area (Å²) in [6, 6.07) is 11.8. The van der Waals surface area contributed by atoms with E-state index in [1.165, 1.54) is 50.3 Å². The molecule has 1 amide bonds. The minimum atomic E-state index is -0.774. The normalized spacial score (nSPS) is 14.7. The van der Waals surface area contributed by atoms with E-state index in [-0.39, 0.29) is 11.6 Å². The summed E-state index contributed by atoms with van der Waals surface area (Å²) >= 11 is 0. The zero-order chi connectivity index (χ0) is 25.7. The zero-order valence-corrected chi connectivity index (χ0v) is 20.6. The second-order valence-corrected chi connectivity index (χ2v) is 8.71. The van der Waals surface area contributed by atoms with Gasteiger partial charge in [0.05, 0.1) is 32.6 Å². The third-order valence-electron chi connectivity index (χ3n) is 6.56. The van der Waals surface area contributed by atoms with Crippen LogP contribution in [0.2, 0.25) is 0 Å². The first kappa shape index (κ1) is 25.2. The quantitative estimate of drug-likeness (QED) is 0.461. The van der Waals surface area contributed by atoms with Crippen LogP contribution in [0.1, 0.15) is 42.6 Å². The van der Waals surface area contributed by atoms with Gasteiger partial charge in [0.2, 0.25) is 0 Å². The first-order valence-electron chi connectivity index (χ1n) is 11.9. The number of rotatable bonds is 8. The maximum Gasteiger partial charge on any atom is 0.328 e. The molecule has 1 heterocycles. The van der Waals surface area contributed by atoms with E-state index in [9.17, 15) is 14.0 Å². The van der Waals surface area contributed by atoms with Crippen LogP contribution in [0.25, 0.3) is 16.9 Å². The predicted molar refractivity (Wildman–Crippen MR) is 132 cm³/mol. The average Bonchev–Trinajstić information content (AvgIpc) is 3.36. The molecule has 1 aliphatic carbocycles. The lowest BCUT2D eigenvalue weighted by molar-refractivity contribution is -0.144. The fraction of sp³-hybridized carbons (Fsp3) is 0.370. The number of ether oxygens (including phenoxy) is 3. The lowest BCUT2D eigenvalue weighted by Crippen LogP contribution is -2.47. The van der Waals surface area contributed by atoms with Crippen LogP contribution < -0.4 is 14.8 Å². The molecule has 3 aromatic rings. The number of hydrogen-bond donors (Lipinski definition) is 1. The van der Waals surface area contributed by atoms with Gasteiger partial charge in [-0.1, -0.05) is 25.3 Å². The predicted octanol–water partition coefficient (Wildman–Crippen LogP) is 4.55. The number of carbonyl (C=O) groups excluding carboxylic acids is 2. The van der Waals surface area contributed by atoms with Crippen molar-refractivity contribution in [1.29, 1.82) is 0 Å². The van der Waals surface area contributed by atoms with E-state index < -0.39 is 23.7 Å². The lowest BCUT2D eigenvalue weighted by Gasteiger charge is -2.29. The van der Waals surface area contributed by atoms with Crippen molar-refractivity contribution >= 4 is 11.9 Å². The molecule has 0 radical (unpaired) electrons. The highest BCUT2D eigenvalue weighted by molar-refractivity contribution is 5.97. The number of halogens is 1. The fourth-order valence-corrected chi connectivity index (χ4v) is 4.73. The minimum Gasteiger partial charge on any atom is -0.496 e. The molecular weight excluding hydrogens is 465 g/mol. The molecule has 1 aliphatic rings. The molecule has 1 fully saturated rings. The van der Waals surface area contributed by atoms with Crippen LogP contribution in [0.4, 0.5) is 4.39 Å². The largest absolute Gasteiger partial charge is 0.496 e. The van der Waals surface area contributed by atoms with E-state index in [0.717, 1.165) is 32.1 Å². The summed E-state index contributed by atoms with van der Waals surface area (Å²) in [6.45, 7) is 0. The number of methoxy groups -OCH3 is 3. The maximum atomic E-state index is 13.6. The van der Waals surface area contributed by atoms with Crippen molar-refractivity contribution in [2.75, 3.05) is 21.3 Å². The molecule has 4 rings (SSSR count). The molecule has 1 N–H and O–H groups in total. The number of nitrogens with one attached hydrogen (secondary N) is 1. The van der Waals surface area contributed by atoms with Gasteiger partial charge in [-0.2, -0.15) is 5.10 Å². The van der Waals surface area contributed by atoms with E-state index in [2.05, 4.69) is 10.4 Å². The van der Waals surface area contributed by atoms with Gasteiger partial charge in [0.25, 0.3) is 5.91 Å². The molecule has 1 aromatic heterocycles. The number of aromatic nitrogens is 2. The van der Waals surface area contributed by atoms with Gasteiger partial charge in [-0.3, -0.25) is 4.79 Å². The van der Waals surface area contributed by atoms with Gasteiger partial charge in [-0.05, 0) is 61.2 Å². The van der Waals surface area contributed by atoms with Crippen molar-refractivity contribution in [2.24, 2.45) is 5.92 Å². The van der Waals surface area contributed by atoms with Crippen LogP contribution in [-0.4, -0.2) is 49.0 Å². The van der Waals surface area contributed by atoms with Crippen LogP contribution in [0.15, 0.2) is 48.5 Å². The van der Waals surface area contributed by atoms with E-state index in [1.807, 2.05) is 0 Å². The molecule has 190 valence electrons. The van der Waals surface area contributed by atoms with Crippen molar-refractivity contribution in [2.45, 2.75) is 38.1 Å². The standard InChI is InChI=1S/C27H30FN3O5/c1-34-22-10-7-11-23(35-2)24(22)20-16-21(31(30-20)19-14-12-18(28)13-15-19)26(32)29-25(27(33)36-3)17-8-5-4-6-9-17/h7,10-17,25H,4-6,8-9H2,1-3H3,(H,29,32)/t25-/m0/s1. The van der Waals surface area contributed by atoms with E-state index >= 15 is 0 Å². The Morgan fingerprint density at radius 1 is 1.00 bits per heavy atom. The smallest absolute Gasteiger partial charge is 0.328 e. The highest BCUT2D eigenvalue weighted by atomic mass is 19.1. The first-order valence-corrected chi connectivity index (χ1v) is 11.9. The SMILES string of the molecule is COC(=O)[C@@H](NC(=O)c1cc(-c2c(OC)cccc2OC)nn1-c1ccc(F)cc1)C1CCCCC1. The number of esters is 1. The second-order valence-electron chi connectivity index (χ2n) is 8.71. The van der Waals surface area contributed by atoms with Gasteiger partial charge in [-0.15, -0.1) is 0 Å². The Morgan fingerprint density at radius 3 is 2.22 bits per heavy atom. The molecule has 9 heteroatoms. The summed E-state index contributed by atoms with van der Waals surface area (Å²) in [5.41, 5.74) is 1.64. The topological polar surface area (TPSA) is 91.7 Å². The Balaban J connectivity index is 1.78. The molecule has 1 saturated carbocycles. The number of nitrogens with zero attached hydrogens (tertiary/aromatic N) is 2. The molecule has 0 spiro atoms. The Bertz CT molecular complexity index is 1200. The summed E-state index contributed by atoms with van der Waals surface area (Å²) in [5.74, 6) is -0.361. The van der Waals surface area contributed by atoms with Crippen LogP contribution in [-0.2, 0) is 9.53 Å². The summed E-state index contributed by atoms with van der Waals surface area (Å²) < 4.78 is 31.1. The molecule has 1 atom stereocenters. The summed E-state index contributed by atoms with van der Waals surface area (Å²) in [5, 5.41) is 7.55. The van der Waals surface area contributed by atoms with Crippen molar-refractivity contribution in [3.8, 4) is 28.4 Å². The minimum absolute atomic E-state index is 0.00822. The molecular formula is C27H30FN3O5. The van der Waals surface area contributed by atoms with Crippen LogP contribution in [0.3, 0.4) is 0 Å². The molecule has 0 saturated heterocycles. The monoisotopic (exact) mass is 495 g/mol. The Kier molecular flexibility index (Phi) is 7.87. The van der Waals surface area contributed by atoms with Gasteiger partial charge >= 0.3 is 5.97 Å². The zero-order valence-electron chi connectivity index (χ0n) is 20.6. The van der Waals surface area contributed by atoms with Gasteiger partial charge in [0.1, 0.15) is 34.7 Å². The average molecular weight is 496 g/mol. The van der Waals surface area contributed by atoms with Gasteiger partial charge in [-0.25, -0.2) is 13.9 Å². The van der Waals surface area contributed by atoms with E-state index in [0.29, 0.717) is 28.4 Å².